The number of nitrogens with two attached hydrogens (primary N) is 1. The molecule has 0 saturated carbocycles. The number of nitrogens with zero attached hydrogens (tertiary/aromatic N) is 1. The Morgan fingerprint density at radius 2 is 2.38 bits per heavy atom. The Balaban J connectivity index is 2.04. The SMILES string of the molecule is CCCNC(=O)C1COCCN1Cc1ccc(Cl)c(N)c1. The normalized spacial score (nSPS) is 19.4. The first-order chi connectivity index (χ1) is 10.1. The van der Waals surface area contributed by atoms with Gasteiger partial charge in [-0.3, -0.25) is 9.69 Å². The molecule has 1 saturated heterocycles. The van der Waals surface area contributed by atoms with Gasteiger partial charge in [0.05, 0.1) is 23.9 Å². The van der Waals surface area contributed by atoms with Crippen LogP contribution in [0.2, 0.25) is 5.02 Å². The highest BCUT2D eigenvalue weighted by Gasteiger charge is 2.29. The van der Waals surface area contributed by atoms with Crippen LogP contribution in [0.5, 0.6) is 0 Å². The van der Waals surface area contributed by atoms with Gasteiger partial charge in [0.15, 0.2) is 0 Å². The van der Waals surface area contributed by atoms with E-state index in [-0.39, 0.29) is 11.9 Å². The van der Waals surface area contributed by atoms with Crippen LogP contribution in [0, 0.1) is 0 Å². The van der Waals surface area contributed by atoms with E-state index in [9.17, 15) is 4.79 Å². The van der Waals surface area contributed by atoms with E-state index in [4.69, 9.17) is 22.1 Å². The van der Waals surface area contributed by atoms with Crippen molar-refractivity contribution in [3.8, 4) is 0 Å². The zero-order valence-electron chi connectivity index (χ0n) is 12.3. The second kappa shape index (κ2) is 7.64. The van der Waals surface area contributed by atoms with E-state index in [0.29, 0.717) is 37.0 Å². The highest BCUT2D eigenvalue weighted by atomic mass is 35.5. The highest BCUT2D eigenvalue weighted by molar-refractivity contribution is 6.33. The molecule has 1 amide bonds. The molecule has 1 heterocycles. The van der Waals surface area contributed by atoms with Gasteiger partial charge in [-0.25, -0.2) is 0 Å². The van der Waals surface area contributed by atoms with Gasteiger partial charge in [-0.1, -0.05) is 24.6 Å². The summed E-state index contributed by atoms with van der Waals surface area (Å²) in [6.07, 6.45) is 0.924. The summed E-state index contributed by atoms with van der Waals surface area (Å²) in [6, 6.07) is 5.34. The molecule has 6 heteroatoms. The molecule has 0 radical (unpaired) electrons. The minimum atomic E-state index is -0.248. The smallest absolute Gasteiger partial charge is 0.239 e. The number of nitrogen functional groups attached to an aromatic ring is 1. The van der Waals surface area contributed by atoms with Crippen molar-refractivity contribution in [1.29, 1.82) is 0 Å². The summed E-state index contributed by atoms with van der Waals surface area (Å²) in [5.41, 5.74) is 7.44. The molecule has 1 aromatic rings. The molecule has 0 aliphatic carbocycles. The quantitative estimate of drug-likeness (QED) is 0.811. The van der Waals surface area contributed by atoms with Gasteiger partial charge in [0, 0.05) is 19.6 Å². The van der Waals surface area contributed by atoms with E-state index in [0.717, 1.165) is 18.5 Å². The first-order valence-corrected chi connectivity index (χ1v) is 7.63. The predicted molar refractivity (Wildman–Crippen MR) is 84.2 cm³/mol. The molecule has 0 aromatic heterocycles. The maximum atomic E-state index is 12.2. The number of anilines is 1. The van der Waals surface area contributed by atoms with E-state index in [1.165, 1.54) is 0 Å². The van der Waals surface area contributed by atoms with Crippen molar-refractivity contribution in [3.05, 3.63) is 28.8 Å². The number of ether oxygens (including phenoxy) is 1. The summed E-state index contributed by atoms with van der Waals surface area (Å²) in [7, 11) is 0. The fourth-order valence-corrected chi connectivity index (χ4v) is 2.48. The number of benzene rings is 1. The summed E-state index contributed by atoms with van der Waals surface area (Å²) in [5, 5.41) is 3.49. The maximum Gasteiger partial charge on any atom is 0.239 e. The van der Waals surface area contributed by atoms with Crippen molar-refractivity contribution >= 4 is 23.2 Å². The fourth-order valence-electron chi connectivity index (χ4n) is 2.36. The standard InChI is InChI=1S/C15H22ClN3O2/c1-2-5-18-15(20)14-10-21-7-6-19(14)9-11-3-4-12(16)13(17)8-11/h3-4,8,14H,2,5-7,9-10,17H2,1H3,(H,18,20). The Kier molecular flexibility index (Phi) is 5.85. The number of carbonyl (C=O) groups is 1. The van der Waals surface area contributed by atoms with E-state index in [1.54, 1.807) is 6.07 Å². The van der Waals surface area contributed by atoms with Crippen LogP contribution < -0.4 is 11.1 Å². The molecular weight excluding hydrogens is 290 g/mol. The lowest BCUT2D eigenvalue weighted by molar-refractivity contribution is -0.132. The third-order valence-electron chi connectivity index (χ3n) is 3.54. The first-order valence-electron chi connectivity index (χ1n) is 7.25. The molecule has 3 N–H and O–H groups in total. The molecule has 1 atom stereocenters. The summed E-state index contributed by atoms with van der Waals surface area (Å²) >= 11 is 5.94. The van der Waals surface area contributed by atoms with Crippen LogP contribution in [0.3, 0.4) is 0 Å². The van der Waals surface area contributed by atoms with Crippen molar-refractivity contribution in [2.45, 2.75) is 25.9 Å². The van der Waals surface area contributed by atoms with Gasteiger partial charge in [-0.05, 0) is 24.1 Å². The van der Waals surface area contributed by atoms with E-state index in [1.807, 2.05) is 19.1 Å². The highest BCUT2D eigenvalue weighted by Crippen LogP contribution is 2.21. The first kappa shape index (κ1) is 16.1. The lowest BCUT2D eigenvalue weighted by Crippen LogP contribution is -2.53. The molecule has 1 aliphatic rings. The zero-order valence-corrected chi connectivity index (χ0v) is 13.0. The predicted octanol–water partition coefficient (Wildman–Crippen LogP) is 1.65. The summed E-state index contributed by atoms with van der Waals surface area (Å²) in [4.78, 5) is 14.3. The van der Waals surface area contributed by atoms with Gasteiger partial charge in [0.2, 0.25) is 5.91 Å². The Hall–Kier alpha value is -1.30. The zero-order chi connectivity index (χ0) is 15.2. The van der Waals surface area contributed by atoms with Gasteiger partial charge in [0.1, 0.15) is 6.04 Å². The fraction of sp³-hybridized carbons (Fsp3) is 0.533. The number of halogens is 1. The minimum absolute atomic E-state index is 0.0264. The lowest BCUT2D eigenvalue weighted by Gasteiger charge is -2.34. The molecule has 2 rings (SSSR count). The van der Waals surface area contributed by atoms with Crippen molar-refractivity contribution in [1.82, 2.24) is 10.2 Å². The van der Waals surface area contributed by atoms with Crippen LogP contribution >= 0.6 is 11.6 Å². The molecule has 1 aliphatic heterocycles. The Morgan fingerprint density at radius 1 is 1.57 bits per heavy atom. The van der Waals surface area contributed by atoms with Crippen LogP contribution in [0.4, 0.5) is 5.69 Å². The van der Waals surface area contributed by atoms with Crippen LogP contribution in [-0.4, -0.2) is 43.2 Å². The van der Waals surface area contributed by atoms with E-state index in [2.05, 4.69) is 10.2 Å². The molecule has 116 valence electrons. The Labute approximate surface area is 130 Å². The van der Waals surface area contributed by atoms with Crippen LogP contribution in [-0.2, 0) is 16.1 Å². The minimum Gasteiger partial charge on any atom is -0.398 e. The molecular formula is C15H22ClN3O2. The van der Waals surface area contributed by atoms with Gasteiger partial charge < -0.3 is 15.8 Å². The number of nitrogens with one attached hydrogen (secondary N) is 1. The maximum absolute atomic E-state index is 12.2. The third kappa shape index (κ3) is 4.33. The average molecular weight is 312 g/mol. The third-order valence-corrected chi connectivity index (χ3v) is 3.88. The summed E-state index contributed by atoms with van der Waals surface area (Å²) in [5.74, 6) is 0.0264. The molecule has 5 nitrogen and oxygen atoms in total. The molecule has 1 unspecified atom stereocenters. The molecule has 1 aromatic carbocycles. The van der Waals surface area contributed by atoms with Gasteiger partial charge in [0.25, 0.3) is 0 Å². The monoisotopic (exact) mass is 311 g/mol. The Morgan fingerprint density at radius 3 is 3.10 bits per heavy atom. The number of hydrogen-bond donors (Lipinski definition) is 2. The topological polar surface area (TPSA) is 67.6 Å². The molecule has 1 fully saturated rings. The average Bonchev–Trinajstić information content (AvgIpc) is 2.49. The molecule has 21 heavy (non-hydrogen) atoms. The summed E-state index contributed by atoms with van der Waals surface area (Å²) < 4.78 is 5.45. The second-order valence-electron chi connectivity index (χ2n) is 5.21. The van der Waals surface area contributed by atoms with Crippen molar-refractivity contribution in [2.75, 3.05) is 32.0 Å². The number of amides is 1. The molecule has 0 bridgehead atoms. The van der Waals surface area contributed by atoms with Crippen LogP contribution in [0.15, 0.2) is 18.2 Å². The van der Waals surface area contributed by atoms with Gasteiger partial charge in [-0.15, -0.1) is 0 Å². The van der Waals surface area contributed by atoms with Crippen molar-refractivity contribution in [3.63, 3.8) is 0 Å². The van der Waals surface area contributed by atoms with Crippen LogP contribution in [0.25, 0.3) is 0 Å². The lowest BCUT2D eigenvalue weighted by atomic mass is 10.1. The van der Waals surface area contributed by atoms with Crippen molar-refractivity contribution in [2.24, 2.45) is 0 Å². The Bertz CT molecular complexity index is 496. The van der Waals surface area contributed by atoms with Gasteiger partial charge >= 0.3 is 0 Å². The number of hydrogen-bond acceptors (Lipinski definition) is 4. The van der Waals surface area contributed by atoms with Crippen LogP contribution in [0.1, 0.15) is 18.9 Å². The van der Waals surface area contributed by atoms with E-state index < -0.39 is 0 Å². The second-order valence-corrected chi connectivity index (χ2v) is 5.62. The number of rotatable bonds is 5. The molecule has 0 spiro atoms. The van der Waals surface area contributed by atoms with Crippen molar-refractivity contribution < 1.29 is 9.53 Å². The number of morpholine rings is 1. The van der Waals surface area contributed by atoms with E-state index >= 15 is 0 Å². The number of carbonyl (C=O) groups excluding carboxylic acids is 1. The largest absolute Gasteiger partial charge is 0.398 e. The van der Waals surface area contributed by atoms with Gasteiger partial charge in [-0.2, -0.15) is 0 Å². The summed E-state index contributed by atoms with van der Waals surface area (Å²) in [6.45, 7) is 5.18.